The number of nitrogens with two attached hydrogens (primary N) is 1. The molecule has 0 bridgehead atoms. The molecule has 1 aromatic carbocycles. The predicted molar refractivity (Wildman–Crippen MR) is 60.3 cm³/mol. The van der Waals surface area contributed by atoms with Crippen molar-refractivity contribution in [2.24, 2.45) is 5.73 Å². The number of methoxy groups -OCH3 is 1. The monoisotopic (exact) mass is 246 g/mol. The van der Waals surface area contributed by atoms with Crippen molar-refractivity contribution >= 4 is 23.9 Å². The van der Waals surface area contributed by atoms with E-state index in [1.807, 2.05) is 0 Å². The third kappa shape index (κ3) is 2.91. The van der Waals surface area contributed by atoms with Crippen LogP contribution in [0.2, 0.25) is 0 Å². The Morgan fingerprint density at radius 2 is 2.19 bits per heavy atom. The van der Waals surface area contributed by atoms with Gasteiger partial charge >= 0.3 is 5.69 Å². The Labute approximate surface area is 97.9 Å². The topological polar surface area (TPSA) is 95.5 Å². The Bertz CT molecular complexity index is 408. The highest BCUT2D eigenvalue weighted by atomic mass is 35.5. The number of nitro benzene ring substituents is 1. The minimum atomic E-state index is -0.605. The van der Waals surface area contributed by atoms with Crippen molar-refractivity contribution < 1.29 is 14.5 Å². The maximum atomic E-state index is 11.2. The number of ketones is 1. The number of Topliss-reactive ketones (excluding diaryl/α,β-unsaturated/α-hetero) is 1. The Kier molecular flexibility index (Phi) is 5.41. The molecule has 0 aliphatic carbocycles. The van der Waals surface area contributed by atoms with Crippen LogP contribution >= 0.6 is 12.4 Å². The maximum Gasteiger partial charge on any atom is 0.311 e. The van der Waals surface area contributed by atoms with Gasteiger partial charge in [-0.1, -0.05) is 0 Å². The molecule has 0 aliphatic heterocycles. The van der Waals surface area contributed by atoms with Crippen molar-refractivity contribution in [1.29, 1.82) is 0 Å². The van der Waals surface area contributed by atoms with E-state index in [0.717, 1.165) is 6.07 Å². The molecule has 0 fully saturated rings. The van der Waals surface area contributed by atoms with E-state index in [-0.39, 0.29) is 41.7 Å². The molecule has 16 heavy (non-hydrogen) atoms. The lowest BCUT2D eigenvalue weighted by Gasteiger charge is -2.03. The summed E-state index contributed by atoms with van der Waals surface area (Å²) in [6.07, 6.45) is 0. The van der Waals surface area contributed by atoms with E-state index in [0.29, 0.717) is 0 Å². The van der Waals surface area contributed by atoms with E-state index in [9.17, 15) is 14.9 Å². The predicted octanol–water partition coefficient (Wildman–Crippen LogP) is 1.17. The largest absolute Gasteiger partial charge is 0.490 e. The lowest BCUT2D eigenvalue weighted by molar-refractivity contribution is -0.385. The van der Waals surface area contributed by atoms with Crippen molar-refractivity contribution in [1.82, 2.24) is 0 Å². The first-order valence-corrected chi connectivity index (χ1v) is 4.16. The molecule has 6 nitrogen and oxygen atoms in total. The molecule has 0 unspecified atom stereocenters. The van der Waals surface area contributed by atoms with Gasteiger partial charge in [-0.15, -0.1) is 12.4 Å². The van der Waals surface area contributed by atoms with Gasteiger partial charge in [0.25, 0.3) is 0 Å². The smallest absolute Gasteiger partial charge is 0.311 e. The van der Waals surface area contributed by atoms with Gasteiger partial charge in [-0.25, -0.2) is 0 Å². The Hall–Kier alpha value is -1.66. The van der Waals surface area contributed by atoms with E-state index >= 15 is 0 Å². The number of nitrogens with zero attached hydrogens (tertiary/aromatic N) is 1. The molecule has 0 saturated heterocycles. The van der Waals surface area contributed by atoms with Crippen LogP contribution in [0.15, 0.2) is 18.2 Å². The van der Waals surface area contributed by atoms with Crippen LogP contribution in [-0.2, 0) is 0 Å². The fourth-order valence-electron chi connectivity index (χ4n) is 1.12. The third-order valence-corrected chi connectivity index (χ3v) is 1.88. The van der Waals surface area contributed by atoms with Crippen LogP contribution in [0.1, 0.15) is 10.4 Å². The summed E-state index contributed by atoms with van der Waals surface area (Å²) in [5, 5.41) is 10.6. The standard InChI is InChI=1S/C9H10N2O4.ClH/c1-15-9-3-2-6(8(12)5-10)4-7(9)11(13)14;/h2-4H,5,10H2,1H3;1H. The molecule has 0 heterocycles. The molecular formula is C9H11ClN2O4. The number of carbonyl (C=O) groups excluding carboxylic acids is 1. The molecule has 1 aromatic rings. The number of benzene rings is 1. The fraction of sp³-hybridized carbons (Fsp3) is 0.222. The second-order valence-corrected chi connectivity index (χ2v) is 2.77. The zero-order valence-electron chi connectivity index (χ0n) is 8.50. The second-order valence-electron chi connectivity index (χ2n) is 2.77. The molecule has 2 N–H and O–H groups in total. The number of rotatable bonds is 4. The van der Waals surface area contributed by atoms with Crippen LogP contribution < -0.4 is 10.5 Å². The van der Waals surface area contributed by atoms with Crippen LogP contribution in [0.4, 0.5) is 5.69 Å². The minimum absolute atomic E-state index is 0. The summed E-state index contributed by atoms with van der Waals surface area (Å²) in [6.45, 7) is -0.177. The van der Waals surface area contributed by atoms with Crippen LogP contribution in [0.3, 0.4) is 0 Å². The first-order valence-electron chi connectivity index (χ1n) is 4.16. The third-order valence-electron chi connectivity index (χ3n) is 1.88. The lowest BCUT2D eigenvalue weighted by Crippen LogP contribution is -2.13. The average molecular weight is 247 g/mol. The Balaban J connectivity index is 0.00000225. The molecular weight excluding hydrogens is 236 g/mol. The summed E-state index contributed by atoms with van der Waals surface area (Å²) in [4.78, 5) is 21.2. The Morgan fingerprint density at radius 1 is 1.56 bits per heavy atom. The first-order chi connectivity index (χ1) is 7.10. The molecule has 0 aromatic heterocycles. The highest BCUT2D eigenvalue weighted by molar-refractivity contribution is 5.98. The number of halogens is 1. The summed E-state index contributed by atoms with van der Waals surface area (Å²) < 4.78 is 4.79. The lowest BCUT2D eigenvalue weighted by atomic mass is 10.1. The molecule has 7 heteroatoms. The molecule has 0 spiro atoms. The van der Waals surface area contributed by atoms with Crippen molar-refractivity contribution in [3.05, 3.63) is 33.9 Å². The highest BCUT2D eigenvalue weighted by Crippen LogP contribution is 2.27. The molecule has 88 valence electrons. The fourth-order valence-corrected chi connectivity index (χ4v) is 1.12. The first kappa shape index (κ1) is 14.3. The zero-order valence-corrected chi connectivity index (χ0v) is 9.32. The van der Waals surface area contributed by atoms with E-state index < -0.39 is 4.92 Å². The molecule has 0 amide bonds. The summed E-state index contributed by atoms with van der Waals surface area (Å²) >= 11 is 0. The van der Waals surface area contributed by atoms with E-state index in [2.05, 4.69) is 0 Å². The van der Waals surface area contributed by atoms with E-state index in [4.69, 9.17) is 10.5 Å². The summed E-state index contributed by atoms with van der Waals surface area (Å²) in [5.41, 5.74) is 5.12. The number of hydrogen-bond donors (Lipinski definition) is 1. The van der Waals surface area contributed by atoms with Gasteiger partial charge in [-0.05, 0) is 12.1 Å². The highest BCUT2D eigenvalue weighted by Gasteiger charge is 2.17. The number of carbonyl (C=O) groups is 1. The van der Waals surface area contributed by atoms with Gasteiger partial charge in [-0.3, -0.25) is 14.9 Å². The average Bonchev–Trinajstić information content (AvgIpc) is 2.27. The molecule has 1 rings (SSSR count). The normalized spacial score (nSPS) is 9.12. The van der Waals surface area contributed by atoms with Gasteiger partial charge in [0.2, 0.25) is 0 Å². The van der Waals surface area contributed by atoms with Gasteiger partial charge in [0.15, 0.2) is 11.5 Å². The van der Waals surface area contributed by atoms with E-state index in [1.54, 1.807) is 0 Å². The summed E-state index contributed by atoms with van der Waals surface area (Å²) in [6, 6.07) is 3.98. The van der Waals surface area contributed by atoms with Gasteiger partial charge in [0, 0.05) is 11.6 Å². The van der Waals surface area contributed by atoms with E-state index in [1.165, 1.54) is 19.2 Å². The van der Waals surface area contributed by atoms with Gasteiger partial charge in [0.05, 0.1) is 18.6 Å². The quantitative estimate of drug-likeness (QED) is 0.489. The van der Waals surface area contributed by atoms with Gasteiger partial charge in [0.1, 0.15) is 0 Å². The van der Waals surface area contributed by atoms with Crippen LogP contribution in [0.5, 0.6) is 5.75 Å². The second kappa shape index (κ2) is 6.04. The number of ether oxygens (including phenoxy) is 1. The molecule has 0 aliphatic rings. The minimum Gasteiger partial charge on any atom is -0.490 e. The SMILES string of the molecule is COc1ccc(C(=O)CN)cc1[N+](=O)[O-].Cl. The zero-order chi connectivity index (χ0) is 11.4. The Morgan fingerprint density at radius 3 is 2.62 bits per heavy atom. The van der Waals surface area contributed by atoms with Crippen molar-refractivity contribution in [3.63, 3.8) is 0 Å². The summed E-state index contributed by atoms with van der Waals surface area (Å²) in [5.74, 6) is -0.227. The number of hydrogen-bond acceptors (Lipinski definition) is 5. The summed E-state index contributed by atoms with van der Waals surface area (Å²) in [7, 11) is 1.33. The number of nitro groups is 1. The molecule has 0 radical (unpaired) electrons. The van der Waals surface area contributed by atoms with Crippen molar-refractivity contribution in [2.45, 2.75) is 0 Å². The van der Waals surface area contributed by atoms with Crippen LogP contribution in [-0.4, -0.2) is 24.4 Å². The molecule has 0 atom stereocenters. The van der Waals surface area contributed by atoms with Crippen molar-refractivity contribution in [2.75, 3.05) is 13.7 Å². The van der Waals surface area contributed by atoms with Crippen LogP contribution in [0.25, 0.3) is 0 Å². The molecule has 0 saturated carbocycles. The van der Waals surface area contributed by atoms with Crippen LogP contribution in [0, 0.1) is 10.1 Å². The van der Waals surface area contributed by atoms with Crippen molar-refractivity contribution in [3.8, 4) is 5.75 Å². The van der Waals surface area contributed by atoms with Gasteiger partial charge < -0.3 is 10.5 Å². The van der Waals surface area contributed by atoms with Gasteiger partial charge in [-0.2, -0.15) is 0 Å². The maximum absolute atomic E-state index is 11.2.